The van der Waals surface area contributed by atoms with Crippen molar-refractivity contribution in [2.75, 3.05) is 24.1 Å². The number of fused-ring (bicyclic) bond motifs is 1. The van der Waals surface area contributed by atoms with E-state index in [9.17, 15) is 8.42 Å². The fourth-order valence-electron chi connectivity index (χ4n) is 3.42. The molecule has 128 valence electrons. The van der Waals surface area contributed by atoms with Gasteiger partial charge in [0.15, 0.2) is 11.3 Å². The van der Waals surface area contributed by atoms with Crippen LogP contribution in [-0.2, 0) is 33.0 Å². The Labute approximate surface area is 140 Å². The Morgan fingerprint density at radius 1 is 1.25 bits per heavy atom. The third kappa shape index (κ3) is 2.25. The number of nitrogens with zero attached hydrogens (tertiary/aromatic N) is 3. The number of sulfonamides is 1. The predicted octanol–water partition coefficient (Wildman–Crippen LogP) is 1.53. The van der Waals surface area contributed by atoms with Gasteiger partial charge in [0, 0.05) is 13.6 Å². The number of benzene rings is 1. The van der Waals surface area contributed by atoms with E-state index < -0.39 is 16.3 Å². The van der Waals surface area contributed by atoms with Gasteiger partial charge in [-0.3, -0.25) is 8.99 Å². The summed E-state index contributed by atoms with van der Waals surface area (Å²) < 4.78 is 40.6. The van der Waals surface area contributed by atoms with Crippen molar-refractivity contribution in [3.63, 3.8) is 0 Å². The van der Waals surface area contributed by atoms with Gasteiger partial charge in [-0.1, -0.05) is 18.2 Å². The van der Waals surface area contributed by atoms with Crippen LogP contribution in [0.4, 0.5) is 5.69 Å². The molecule has 0 amide bonds. The van der Waals surface area contributed by atoms with Gasteiger partial charge in [-0.2, -0.15) is 13.5 Å². The molecule has 1 aromatic heterocycles. The van der Waals surface area contributed by atoms with E-state index in [0.717, 1.165) is 16.8 Å². The summed E-state index contributed by atoms with van der Waals surface area (Å²) >= 11 is 0. The minimum absolute atomic E-state index is 0.130. The molecular weight excluding hydrogens is 330 g/mol. The molecule has 0 saturated carbocycles. The number of aromatic nitrogens is 2. The van der Waals surface area contributed by atoms with Crippen LogP contribution in [0.3, 0.4) is 0 Å². The first-order chi connectivity index (χ1) is 11.5. The van der Waals surface area contributed by atoms with Crippen LogP contribution in [0.5, 0.6) is 0 Å². The van der Waals surface area contributed by atoms with Gasteiger partial charge in [0.05, 0.1) is 30.7 Å². The lowest BCUT2D eigenvalue weighted by atomic mass is 10.1. The molecule has 0 spiro atoms. The van der Waals surface area contributed by atoms with E-state index in [1.807, 2.05) is 25.1 Å². The molecule has 0 N–H and O–H groups in total. The van der Waals surface area contributed by atoms with Gasteiger partial charge >= 0.3 is 0 Å². The summed E-state index contributed by atoms with van der Waals surface area (Å²) in [6, 6.07) is 5.87. The third-order valence-corrected chi connectivity index (χ3v) is 6.41. The summed E-state index contributed by atoms with van der Waals surface area (Å²) in [7, 11) is -2.13. The maximum atomic E-state index is 13.4. The molecule has 0 atom stereocenters. The lowest BCUT2D eigenvalue weighted by Crippen LogP contribution is -2.32. The normalized spacial score (nSPS) is 18.3. The van der Waals surface area contributed by atoms with E-state index in [2.05, 4.69) is 5.10 Å². The standard InChI is InChI=1S/C16H19N3O4S/c1-11-4-3-5-12-6-7-19(14(11)12)24(20,21)15-13(10-17-18(15)2)16-22-8-9-23-16/h3-5,10,16H,6-9H2,1-2H3. The van der Waals surface area contributed by atoms with Gasteiger partial charge in [0.2, 0.25) is 0 Å². The highest BCUT2D eigenvalue weighted by molar-refractivity contribution is 7.92. The molecule has 1 fully saturated rings. The average molecular weight is 349 g/mol. The first-order valence-electron chi connectivity index (χ1n) is 7.86. The van der Waals surface area contributed by atoms with E-state index in [-0.39, 0.29) is 5.03 Å². The summed E-state index contributed by atoms with van der Waals surface area (Å²) in [4.78, 5) is 0. The van der Waals surface area contributed by atoms with Crippen LogP contribution in [0.25, 0.3) is 0 Å². The molecule has 3 heterocycles. The van der Waals surface area contributed by atoms with E-state index in [0.29, 0.717) is 31.7 Å². The quantitative estimate of drug-likeness (QED) is 0.840. The minimum atomic E-state index is -3.76. The summed E-state index contributed by atoms with van der Waals surface area (Å²) in [5.41, 5.74) is 3.23. The smallest absolute Gasteiger partial charge is 0.282 e. The molecule has 2 aliphatic rings. The predicted molar refractivity (Wildman–Crippen MR) is 87.3 cm³/mol. The molecule has 1 aromatic carbocycles. The molecule has 0 bridgehead atoms. The molecule has 0 radical (unpaired) electrons. The van der Waals surface area contributed by atoms with Gasteiger partial charge in [0.25, 0.3) is 10.0 Å². The second kappa shape index (κ2) is 5.58. The van der Waals surface area contributed by atoms with Crippen LogP contribution >= 0.6 is 0 Å². The molecule has 24 heavy (non-hydrogen) atoms. The van der Waals surface area contributed by atoms with Crippen molar-refractivity contribution in [3.05, 3.63) is 41.1 Å². The molecule has 0 unspecified atom stereocenters. The lowest BCUT2D eigenvalue weighted by Gasteiger charge is -2.22. The topological polar surface area (TPSA) is 73.7 Å². The Bertz CT molecular complexity index is 885. The Morgan fingerprint density at radius 2 is 2.00 bits per heavy atom. The van der Waals surface area contributed by atoms with Crippen molar-refractivity contribution in [2.45, 2.75) is 24.7 Å². The molecule has 4 rings (SSSR count). The molecule has 2 aromatic rings. The van der Waals surface area contributed by atoms with Crippen LogP contribution < -0.4 is 4.31 Å². The average Bonchev–Trinajstić information content (AvgIpc) is 3.26. The minimum Gasteiger partial charge on any atom is -0.346 e. The van der Waals surface area contributed by atoms with Gasteiger partial charge < -0.3 is 9.47 Å². The summed E-state index contributed by atoms with van der Waals surface area (Å²) in [5.74, 6) is 0. The van der Waals surface area contributed by atoms with Crippen LogP contribution in [0.2, 0.25) is 0 Å². The van der Waals surface area contributed by atoms with Crippen molar-refractivity contribution in [1.82, 2.24) is 9.78 Å². The Balaban J connectivity index is 1.82. The second-order valence-electron chi connectivity index (χ2n) is 6.01. The van der Waals surface area contributed by atoms with E-state index in [1.165, 1.54) is 15.2 Å². The number of anilines is 1. The highest BCUT2D eigenvalue weighted by atomic mass is 32.2. The van der Waals surface area contributed by atoms with Crippen LogP contribution in [0.1, 0.15) is 23.0 Å². The Morgan fingerprint density at radius 3 is 2.75 bits per heavy atom. The maximum Gasteiger partial charge on any atom is 0.282 e. The van der Waals surface area contributed by atoms with Crippen molar-refractivity contribution >= 4 is 15.7 Å². The monoisotopic (exact) mass is 349 g/mol. The fraction of sp³-hybridized carbons (Fsp3) is 0.438. The van der Waals surface area contributed by atoms with Crippen LogP contribution in [0, 0.1) is 6.92 Å². The molecule has 7 nitrogen and oxygen atoms in total. The summed E-state index contributed by atoms with van der Waals surface area (Å²) in [6.45, 7) is 3.26. The van der Waals surface area contributed by atoms with Gasteiger partial charge in [-0.25, -0.2) is 0 Å². The maximum absolute atomic E-state index is 13.4. The van der Waals surface area contributed by atoms with Crippen LogP contribution in [0.15, 0.2) is 29.4 Å². The summed E-state index contributed by atoms with van der Waals surface area (Å²) in [6.07, 6.45) is 1.54. The number of ether oxygens (including phenoxy) is 2. The van der Waals surface area contributed by atoms with Crippen molar-refractivity contribution in [1.29, 1.82) is 0 Å². The Hall–Kier alpha value is -1.90. The first kappa shape index (κ1) is 15.6. The largest absolute Gasteiger partial charge is 0.346 e. The zero-order valence-electron chi connectivity index (χ0n) is 13.6. The molecule has 2 aliphatic heterocycles. The zero-order valence-corrected chi connectivity index (χ0v) is 14.4. The van der Waals surface area contributed by atoms with Crippen molar-refractivity contribution < 1.29 is 17.9 Å². The fourth-order valence-corrected chi connectivity index (χ4v) is 5.29. The summed E-state index contributed by atoms with van der Waals surface area (Å²) in [5, 5.41) is 4.26. The molecule has 0 aliphatic carbocycles. The van der Waals surface area contributed by atoms with Gasteiger partial charge in [0.1, 0.15) is 0 Å². The van der Waals surface area contributed by atoms with E-state index >= 15 is 0 Å². The first-order valence-corrected chi connectivity index (χ1v) is 9.30. The SMILES string of the molecule is Cc1cccc2c1N(S(=O)(=O)c1c(C3OCCO3)cnn1C)CC2. The molecule has 8 heteroatoms. The van der Waals surface area contributed by atoms with Crippen LogP contribution in [-0.4, -0.2) is 38.0 Å². The van der Waals surface area contributed by atoms with Gasteiger partial charge in [-0.15, -0.1) is 0 Å². The van der Waals surface area contributed by atoms with E-state index in [4.69, 9.17) is 9.47 Å². The highest BCUT2D eigenvalue weighted by Crippen LogP contribution is 2.38. The number of hydrogen-bond acceptors (Lipinski definition) is 5. The zero-order chi connectivity index (χ0) is 16.9. The second-order valence-corrected chi connectivity index (χ2v) is 7.79. The molecule has 1 saturated heterocycles. The van der Waals surface area contributed by atoms with Crippen molar-refractivity contribution in [2.24, 2.45) is 7.05 Å². The lowest BCUT2D eigenvalue weighted by molar-refractivity contribution is -0.0463. The number of aryl methyl sites for hydroxylation is 2. The number of para-hydroxylation sites is 1. The number of hydrogen-bond donors (Lipinski definition) is 0. The third-order valence-electron chi connectivity index (χ3n) is 4.48. The Kier molecular flexibility index (Phi) is 3.63. The van der Waals surface area contributed by atoms with E-state index in [1.54, 1.807) is 7.05 Å². The molecular formula is C16H19N3O4S. The highest BCUT2D eigenvalue weighted by Gasteiger charge is 2.38. The van der Waals surface area contributed by atoms with Gasteiger partial charge in [-0.05, 0) is 24.5 Å². The van der Waals surface area contributed by atoms with Crippen molar-refractivity contribution in [3.8, 4) is 0 Å². The number of rotatable bonds is 3.